The number of amides is 2. The van der Waals surface area contributed by atoms with Crippen LogP contribution in [0, 0.1) is 10.1 Å². The van der Waals surface area contributed by atoms with Gasteiger partial charge >= 0.3 is 0 Å². The van der Waals surface area contributed by atoms with Gasteiger partial charge in [-0.2, -0.15) is 0 Å². The first-order valence-corrected chi connectivity index (χ1v) is 11.3. The number of nitrogens with zero attached hydrogens (tertiary/aromatic N) is 5. The van der Waals surface area contributed by atoms with Crippen LogP contribution in [-0.4, -0.2) is 70.3 Å². The number of nitro groups is 1. The van der Waals surface area contributed by atoms with Crippen molar-refractivity contribution in [3.05, 3.63) is 40.4 Å². The number of carbonyl (C=O) groups excluding carboxylic acids is 2. The maximum Gasteiger partial charge on any atom is 0.270 e. The number of aromatic nitrogens is 1. The summed E-state index contributed by atoms with van der Waals surface area (Å²) in [6.45, 7) is 6.32. The molecule has 2 aromatic rings. The molecule has 0 saturated carbocycles. The minimum atomic E-state index is -0.392. The number of piperidine rings is 1. The Hall–Kier alpha value is -3.07. The molecular formula is C23H29N5O4. The van der Waals surface area contributed by atoms with Gasteiger partial charge in [-0.05, 0) is 50.9 Å². The molecule has 2 aliphatic rings. The second-order valence-electron chi connectivity index (χ2n) is 8.63. The van der Waals surface area contributed by atoms with E-state index in [0.717, 1.165) is 55.7 Å². The van der Waals surface area contributed by atoms with Crippen LogP contribution in [0.1, 0.15) is 39.0 Å². The van der Waals surface area contributed by atoms with Crippen molar-refractivity contribution in [1.29, 1.82) is 0 Å². The number of piperazine rings is 1. The van der Waals surface area contributed by atoms with Gasteiger partial charge in [0.15, 0.2) is 0 Å². The molecule has 2 saturated heterocycles. The van der Waals surface area contributed by atoms with Crippen LogP contribution in [0.3, 0.4) is 0 Å². The number of pyridine rings is 1. The highest BCUT2D eigenvalue weighted by molar-refractivity contribution is 5.97. The van der Waals surface area contributed by atoms with E-state index in [0.29, 0.717) is 31.8 Å². The van der Waals surface area contributed by atoms with Gasteiger partial charge in [0.25, 0.3) is 5.69 Å². The first kappa shape index (κ1) is 22.1. The van der Waals surface area contributed by atoms with Crippen molar-refractivity contribution in [2.24, 2.45) is 0 Å². The number of unbranched alkanes of at least 4 members (excludes halogenated alkanes) is 1. The molecule has 0 aliphatic carbocycles. The van der Waals surface area contributed by atoms with Crippen molar-refractivity contribution in [3.8, 4) is 0 Å². The number of anilines is 1. The van der Waals surface area contributed by atoms with Crippen LogP contribution in [0.5, 0.6) is 0 Å². The number of fused-ring (bicyclic) bond motifs is 1. The van der Waals surface area contributed by atoms with E-state index < -0.39 is 4.92 Å². The quantitative estimate of drug-likeness (QED) is 0.283. The lowest BCUT2D eigenvalue weighted by molar-refractivity contribution is -0.384. The number of likely N-dealkylation sites (tertiary alicyclic amines) is 1. The molecule has 2 amide bonds. The summed E-state index contributed by atoms with van der Waals surface area (Å²) in [5.41, 5.74) is 0.827. The minimum absolute atomic E-state index is 0.0271. The highest BCUT2D eigenvalue weighted by Gasteiger charge is 2.26. The fourth-order valence-corrected chi connectivity index (χ4v) is 4.56. The molecule has 0 bridgehead atoms. The number of benzene rings is 1. The van der Waals surface area contributed by atoms with Gasteiger partial charge < -0.3 is 4.90 Å². The summed E-state index contributed by atoms with van der Waals surface area (Å²) in [7, 11) is 0. The normalized spacial score (nSPS) is 20.2. The fourth-order valence-electron chi connectivity index (χ4n) is 4.56. The zero-order chi connectivity index (χ0) is 22.7. The van der Waals surface area contributed by atoms with Crippen molar-refractivity contribution in [3.63, 3.8) is 0 Å². The molecule has 170 valence electrons. The Labute approximate surface area is 187 Å². The first-order valence-electron chi connectivity index (χ1n) is 11.3. The average molecular weight is 440 g/mol. The lowest BCUT2D eigenvalue weighted by Crippen LogP contribution is -2.52. The monoisotopic (exact) mass is 439 g/mol. The van der Waals surface area contributed by atoms with Gasteiger partial charge in [-0.25, -0.2) is 4.98 Å². The van der Waals surface area contributed by atoms with Crippen molar-refractivity contribution >= 4 is 34.2 Å². The number of carbonyl (C=O) groups is 2. The molecule has 1 unspecified atom stereocenters. The van der Waals surface area contributed by atoms with Gasteiger partial charge in [0.2, 0.25) is 11.8 Å². The third-order valence-corrected chi connectivity index (χ3v) is 6.42. The van der Waals surface area contributed by atoms with Gasteiger partial charge in [0.1, 0.15) is 5.82 Å². The second-order valence-corrected chi connectivity index (χ2v) is 8.63. The van der Waals surface area contributed by atoms with Crippen molar-refractivity contribution in [2.75, 3.05) is 37.6 Å². The molecule has 2 fully saturated rings. The molecule has 9 heteroatoms. The lowest BCUT2D eigenvalue weighted by Gasteiger charge is -2.40. The van der Waals surface area contributed by atoms with Crippen LogP contribution in [0.2, 0.25) is 0 Å². The predicted octanol–water partition coefficient (Wildman–Crippen LogP) is 2.97. The van der Waals surface area contributed by atoms with Crippen LogP contribution in [0.25, 0.3) is 10.9 Å². The molecule has 3 heterocycles. The Kier molecular flexibility index (Phi) is 6.64. The molecule has 0 N–H and O–H groups in total. The third-order valence-electron chi connectivity index (χ3n) is 6.42. The molecule has 0 radical (unpaired) electrons. The van der Waals surface area contributed by atoms with Gasteiger partial charge in [-0.1, -0.05) is 0 Å². The van der Waals surface area contributed by atoms with E-state index in [1.807, 2.05) is 12.1 Å². The van der Waals surface area contributed by atoms with Crippen molar-refractivity contribution in [1.82, 2.24) is 14.8 Å². The molecule has 4 rings (SSSR count). The van der Waals surface area contributed by atoms with E-state index in [2.05, 4.69) is 16.7 Å². The fraction of sp³-hybridized carbons (Fsp3) is 0.522. The first-order chi connectivity index (χ1) is 15.4. The number of nitro benzene ring substituents is 1. The Morgan fingerprint density at radius 2 is 1.81 bits per heavy atom. The van der Waals surface area contributed by atoms with E-state index in [1.165, 1.54) is 11.0 Å². The van der Waals surface area contributed by atoms with Gasteiger partial charge in [0, 0.05) is 62.6 Å². The highest BCUT2D eigenvalue weighted by Crippen LogP contribution is 2.24. The van der Waals surface area contributed by atoms with E-state index in [4.69, 9.17) is 4.98 Å². The zero-order valence-electron chi connectivity index (χ0n) is 18.4. The standard InChI is InChI=1S/C23H29N5O4/c1-17-16-26(21-10-7-18-15-19(28(31)32)8-9-20(18)24-21)14-13-25(17)11-2-3-12-27-22(29)5-4-6-23(27)30/h7-10,15,17H,2-6,11-14,16H2,1H3. The van der Waals surface area contributed by atoms with E-state index in [-0.39, 0.29) is 17.5 Å². The molecule has 1 aromatic carbocycles. The molecule has 1 atom stereocenters. The number of hydrogen-bond acceptors (Lipinski definition) is 7. The second kappa shape index (κ2) is 9.60. The van der Waals surface area contributed by atoms with Crippen LogP contribution >= 0.6 is 0 Å². The number of hydrogen-bond donors (Lipinski definition) is 0. The lowest BCUT2D eigenvalue weighted by atomic mass is 10.1. The molecule has 2 aliphatic heterocycles. The maximum absolute atomic E-state index is 11.9. The molecule has 0 spiro atoms. The van der Waals surface area contributed by atoms with E-state index in [9.17, 15) is 19.7 Å². The zero-order valence-corrected chi connectivity index (χ0v) is 18.4. The van der Waals surface area contributed by atoms with Crippen LogP contribution in [-0.2, 0) is 9.59 Å². The number of non-ortho nitro benzene ring substituents is 1. The molecular weight excluding hydrogens is 410 g/mol. The van der Waals surface area contributed by atoms with E-state index in [1.54, 1.807) is 12.1 Å². The molecule has 1 aromatic heterocycles. The Morgan fingerprint density at radius 1 is 1.06 bits per heavy atom. The van der Waals surface area contributed by atoms with E-state index >= 15 is 0 Å². The third kappa shape index (κ3) is 4.88. The predicted molar refractivity (Wildman–Crippen MR) is 121 cm³/mol. The summed E-state index contributed by atoms with van der Waals surface area (Å²) >= 11 is 0. The highest BCUT2D eigenvalue weighted by atomic mass is 16.6. The smallest absolute Gasteiger partial charge is 0.270 e. The SMILES string of the molecule is CC1CN(c2ccc3cc([N+](=O)[O-])ccc3n2)CCN1CCCCN1C(=O)CCCC1=O. The summed E-state index contributed by atoms with van der Waals surface area (Å²) in [5, 5.41) is 11.7. The Bertz CT molecular complexity index is 1010. The summed E-state index contributed by atoms with van der Waals surface area (Å²) in [5.74, 6) is 0.835. The molecule has 9 nitrogen and oxygen atoms in total. The van der Waals surface area contributed by atoms with Crippen molar-refractivity contribution in [2.45, 2.75) is 45.1 Å². The van der Waals surface area contributed by atoms with Crippen molar-refractivity contribution < 1.29 is 14.5 Å². The van der Waals surface area contributed by atoms with Crippen LogP contribution < -0.4 is 4.90 Å². The maximum atomic E-state index is 11.9. The summed E-state index contributed by atoms with van der Waals surface area (Å²) in [4.78, 5) is 45.2. The average Bonchev–Trinajstić information content (AvgIpc) is 2.78. The van der Waals surface area contributed by atoms with Gasteiger partial charge in [-0.15, -0.1) is 0 Å². The van der Waals surface area contributed by atoms with Gasteiger partial charge in [0.05, 0.1) is 10.4 Å². The molecule has 32 heavy (non-hydrogen) atoms. The largest absolute Gasteiger partial charge is 0.354 e. The van der Waals surface area contributed by atoms with Crippen LogP contribution in [0.4, 0.5) is 11.5 Å². The summed E-state index contributed by atoms with van der Waals surface area (Å²) in [6.07, 6.45) is 3.45. The topological polar surface area (TPSA) is 99.9 Å². The Morgan fingerprint density at radius 3 is 2.53 bits per heavy atom. The minimum Gasteiger partial charge on any atom is -0.354 e. The number of imide groups is 1. The van der Waals surface area contributed by atoms with Gasteiger partial charge in [-0.3, -0.25) is 29.5 Å². The summed E-state index contributed by atoms with van der Waals surface area (Å²) < 4.78 is 0. The summed E-state index contributed by atoms with van der Waals surface area (Å²) in [6, 6.07) is 8.93. The van der Waals surface area contributed by atoms with Crippen LogP contribution in [0.15, 0.2) is 30.3 Å². The Balaban J connectivity index is 1.28. The number of rotatable bonds is 7.